The van der Waals surface area contributed by atoms with Gasteiger partial charge in [0.25, 0.3) is 0 Å². The summed E-state index contributed by atoms with van der Waals surface area (Å²) in [5.74, 6) is 0.152. The molecule has 2 aromatic heterocycles. The maximum atomic E-state index is 12.2. The van der Waals surface area contributed by atoms with Crippen LogP contribution in [0.2, 0.25) is 0 Å². The molecule has 3 rings (SSSR count). The number of aryl methyl sites for hydroxylation is 2. The number of esters is 1. The molecule has 0 N–H and O–H groups in total. The van der Waals surface area contributed by atoms with Crippen LogP contribution in [0.25, 0.3) is 11.4 Å². The fraction of sp³-hybridized carbons (Fsp3) is 0.640. The van der Waals surface area contributed by atoms with Gasteiger partial charge in [0.2, 0.25) is 0 Å². The molecule has 1 atom stereocenters. The highest BCUT2D eigenvalue weighted by Crippen LogP contribution is 2.30. The van der Waals surface area contributed by atoms with Crippen LogP contribution in [0.3, 0.4) is 0 Å². The molecule has 3 heterocycles. The SMILES string of the molecule is CCCN(C)C(=O)OCc1c(-c2ccc(N3CCC[C@H](CC(=O)OCC)C3)c(CC)n2)nnn1C. The molecule has 1 amide bonds. The molecule has 0 aromatic carbocycles. The van der Waals surface area contributed by atoms with E-state index in [1.807, 2.05) is 19.9 Å². The number of ether oxygens (including phenoxy) is 2. The van der Waals surface area contributed by atoms with Gasteiger partial charge in [-0.05, 0) is 50.7 Å². The van der Waals surface area contributed by atoms with Crippen LogP contribution in [0.4, 0.5) is 10.5 Å². The summed E-state index contributed by atoms with van der Waals surface area (Å²) in [5, 5.41) is 8.45. The minimum Gasteiger partial charge on any atom is -0.466 e. The number of pyridine rings is 1. The van der Waals surface area contributed by atoms with Crippen LogP contribution >= 0.6 is 0 Å². The van der Waals surface area contributed by atoms with Crippen molar-refractivity contribution in [1.82, 2.24) is 24.9 Å². The second-order valence-electron chi connectivity index (χ2n) is 8.96. The predicted octanol–water partition coefficient (Wildman–Crippen LogP) is 3.59. The van der Waals surface area contributed by atoms with Crippen molar-refractivity contribution < 1.29 is 19.1 Å². The van der Waals surface area contributed by atoms with Crippen LogP contribution in [0.5, 0.6) is 0 Å². The Labute approximate surface area is 207 Å². The van der Waals surface area contributed by atoms with Crippen molar-refractivity contribution in [3.8, 4) is 11.4 Å². The molecule has 10 nitrogen and oxygen atoms in total. The summed E-state index contributed by atoms with van der Waals surface area (Å²) in [4.78, 5) is 33.0. The molecule has 1 aliphatic heterocycles. The van der Waals surface area contributed by atoms with E-state index < -0.39 is 0 Å². The monoisotopic (exact) mass is 486 g/mol. The van der Waals surface area contributed by atoms with Crippen molar-refractivity contribution in [2.24, 2.45) is 13.0 Å². The lowest BCUT2D eigenvalue weighted by atomic mass is 9.94. The third-order valence-corrected chi connectivity index (χ3v) is 6.29. The second-order valence-corrected chi connectivity index (χ2v) is 8.96. The first-order valence-corrected chi connectivity index (χ1v) is 12.5. The topological polar surface area (TPSA) is 103 Å². The van der Waals surface area contributed by atoms with E-state index in [1.165, 1.54) is 0 Å². The molecule has 192 valence electrons. The van der Waals surface area contributed by atoms with E-state index in [0.29, 0.717) is 36.7 Å². The highest BCUT2D eigenvalue weighted by Gasteiger charge is 2.25. The first-order valence-electron chi connectivity index (χ1n) is 12.5. The molecule has 1 aliphatic rings. The molecule has 0 saturated carbocycles. The van der Waals surface area contributed by atoms with Crippen molar-refractivity contribution in [2.45, 2.75) is 59.5 Å². The number of anilines is 1. The fourth-order valence-corrected chi connectivity index (χ4v) is 4.48. The van der Waals surface area contributed by atoms with Gasteiger partial charge in [0.1, 0.15) is 18.0 Å². The van der Waals surface area contributed by atoms with Gasteiger partial charge >= 0.3 is 12.1 Å². The van der Waals surface area contributed by atoms with Gasteiger partial charge in [-0.15, -0.1) is 5.10 Å². The van der Waals surface area contributed by atoms with Crippen molar-refractivity contribution in [3.63, 3.8) is 0 Å². The normalized spacial score (nSPS) is 15.7. The van der Waals surface area contributed by atoms with Crippen LogP contribution in [0.1, 0.15) is 57.8 Å². The average Bonchev–Trinajstić information content (AvgIpc) is 3.22. The second kappa shape index (κ2) is 12.5. The molecule has 0 spiro atoms. The first-order chi connectivity index (χ1) is 16.9. The molecular formula is C25H38N6O4. The fourth-order valence-electron chi connectivity index (χ4n) is 4.48. The van der Waals surface area contributed by atoms with Gasteiger partial charge in [-0.3, -0.25) is 4.79 Å². The molecule has 0 bridgehead atoms. The zero-order valence-corrected chi connectivity index (χ0v) is 21.6. The summed E-state index contributed by atoms with van der Waals surface area (Å²) in [6.45, 7) is 8.79. The van der Waals surface area contributed by atoms with Crippen molar-refractivity contribution >= 4 is 17.7 Å². The summed E-state index contributed by atoms with van der Waals surface area (Å²) in [6.07, 6.45) is 3.75. The molecule has 10 heteroatoms. The highest BCUT2D eigenvalue weighted by atomic mass is 16.6. The van der Waals surface area contributed by atoms with Gasteiger partial charge in [-0.2, -0.15) is 0 Å². The van der Waals surface area contributed by atoms with Crippen molar-refractivity contribution in [2.75, 3.05) is 38.2 Å². The molecule has 2 aromatic rings. The average molecular weight is 487 g/mol. The number of carbonyl (C=O) groups excluding carboxylic acids is 2. The Morgan fingerprint density at radius 1 is 1.20 bits per heavy atom. The quantitative estimate of drug-likeness (QED) is 0.470. The summed E-state index contributed by atoms with van der Waals surface area (Å²) >= 11 is 0. The van der Waals surface area contributed by atoms with Gasteiger partial charge in [0, 0.05) is 33.7 Å². The van der Waals surface area contributed by atoms with E-state index in [2.05, 4.69) is 28.2 Å². The van der Waals surface area contributed by atoms with Crippen LogP contribution in [0, 0.1) is 5.92 Å². The Morgan fingerprint density at radius 2 is 2.00 bits per heavy atom. The molecule has 35 heavy (non-hydrogen) atoms. The lowest BCUT2D eigenvalue weighted by Gasteiger charge is -2.35. The lowest BCUT2D eigenvalue weighted by molar-refractivity contribution is -0.144. The number of aromatic nitrogens is 4. The summed E-state index contributed by atoms with van der Waals surface area (Å²) in [5.41, 5.74) is 4.06. The number of rotatable bonds is 10. The number of nitrogens with zero attached hydrogens (tertiary/aromatic N) is 6. The largest absolute Gasteiger partial charge is 0.466 e. The highest BCUT2D eigenvalue weighted by molar-refractivity contribution is 5.70. The number of hydrogen-bond acceptors (Lipinski definition) is 8. The third kappa shape index (κ3) is 6.70. The summed E-state index contributed by atoms with van der Waals surface area (Å²) < 4.78 is 12.3. The first kappa shape index (κ1) is 26.4. The molecular weight excluding hydrogens is 448 g/mol. The van der Waals surface area contributed by atoms with Crippen molar-refractivity contribution in [3.05, 3.63) is 23.5 Å². The Bertz CT molecular complexity index is 1010. The maximum Gasteiger partial charge on any atom is 0.409 e. The molecule has 0 radical (unpaired) electrons. The Balaban J connectivity index is 1.76. The summed E-state index contributed by atoms with van der Waals surface area (Å²) in [7, 11) is 3.50. The number of piperidine rings is 1. The van der Waals surface area contributed by atoms with Gasteiger partial charge in [0.05, 0.1) is 30.1 Å². The smallest absolute Gasteiger partial charge is 0.409 e. The van der Waals surface area contributed by atoms with E-state index in [1.54, 1.807) is 23.7 Å². The van der Waals surface area contributed by atoms with Crippen LogP contribution in [-0.2, 0) is 34.3 Å². The maximum absolute atomic E-state index is 12.2. The Morgan fingerprint density at radius 3 is 2.71 bits per heavy atom. The molecule has 0 aliphatic carbocycles. The number of amides is 1. The van der Waals surface area contributed by atoms with Gasteiger partial charge in [-0.1, -0.05) is 19.1 Å². The Hall–Kier alpha value is -3.17. The van der Waals surface area contributed by atoms with Crippen LogP contribution < -0.4 is 4.90 Å². The van der Waals surface area contributed by atoms with Gasteiger partial charge < -0.3 is 19.3 Å². The number of carbonyl (C=O) groups is 2. The lowest BCUT2D eigenvalue weighted by Crippen LogP contribution is -2.37. The van der Waals surface area contributed by atoms with E-state index in [9.17, 15) is 9.59 Å². The summed E-state index contributed by atoms with van der Waals surface area (Å²) in [6, 6.07) is 4.02. The standard InChI is InChI=1S/C25H38N6O4/c1-6-13-29(4)25(33)35-17-22-24(27-28-30(22)5)20-11-12-21(19(7-2)26-20)31-14-9-10-18(16-31)15-23(32)34-8-3/h11-12,18H,6-10,13-17H2,1-5H3/t18-/m1/s1. The minimum absolute atomic E-state index is 0.0677. The minimum atomic E-state index is -0.376. The zero-order chi connectivity index (χ0) is 25.4. The Kier molecular flexibility index (Phi) is 9.45. The van der Waals surface area contributed by atoms with E-state index in [-0.39, 0.29) is 24.6 Å². The van der Waals surface area contributed by atoms with E-state index in [4.69, 9.17) is 14.5 Å². The van der Waals surface area contributed by atoms with E-state index >= 15 is 0 Å². The van der Waals surface area contributed by atoms with Crippen LogP contribution in [0.15, 0.2) is 12.1 Å². The molecule has 1 fully saturated rings. The predicted molar refractivity (Wildman–Crippen MR) is 133 cm³/mol. The third-order valence-electron chi connectivity index (χ3n) is 6.29. The van der Waals surface area contributed by atoms with E-state index in [0.717, 1.165) is 50.2 Å². The van der Waals surface area contributed by atoms with Gasteiger partial charge in [-0.25, -0.2) is 14.5 Å². The zero-order valence-electron chi connectivity index (χ0n) is 21.6. The van der Waals surface area contributed by atoms with Gasteiger partial charge in [0.15, 0.2) is 0 Å². The van der Waals surface area contributed by atoms with Crippen LogP contribution in [-0.4, -0.2) is 70.2 Å². The molecule has 1 saturated heterocycles. The van der Waals surface area contributed by atoms with Crippen molar-refractivity contribution in [1.29, 1.82) is 0 Å². The number of hydrogen-bond donors (Lipinski definition) is 0. The molecule has 0 unspecified atom stereocenters.